The van der Waals surface area contributed by atoms with Crippen LogP contribution in [0.3, 0.4) is 0 Å². The molecule has 1 saturated heterocycles. The fraction of sp³-hybridized carbons (Fsp3) is 0.478. The van der Waals surface area contributed by atoms with Crippen molar-refractivity contribution >= 4 is 0 Å². The molecule has 0 bridgehead atoms. The second-order valence-electron chi connectivity index (χ2n) is 7.22. The van der Waals surface area contributed by atoms with Crippen LogP contribution in [0.5, 0.6) is 0 Å². The summed E-state index contributed by atoms with van der Waals surface area (Å²) in [6.45, 7) is 1.47. The Balaban J connectivity index is 1.57. The SMILES string of the molecule is OCCC[C@@H]1O[C@H](COCc2ccccc2)[C@@H](OCc2ccccc2)C[C@H]1O. The van der Waals surface area contributed by atoms with Crippen LogP contribution in [0.1, 0.15) is 30.4 Å². The van der Waals surface area contributed by atoms with E-state index in [0.29, 0.717) is 39.1 Å². The van der Waals surface area contributed by atoms with Crippen LogP contribution < -0.4 is 0 Å². The minimum atomic E-state index is -0.599. The molecular formula is C23H30O5. The van der Waals surface area contributed by atoms with Gasteiger partial charge in [0.2, 0.25) is 0 Å². The minimum Gasteiger partial charge on any atom is -0.396 e. The molecule has 1 fully saturated rings. The van der Waals surface area contributed by atoms with E-state index in [9.17, 15) is 5.11 Å². The van der Waals surface area contributed by atoms with Gasteiger partial charge in [-0.1, -0.05) is 60.7 Å². The molecule has 2 aromatic rings. The van der Waals surface area contributed by atoms with Crippen molar-refractivity contribution in [3.63, 3.8) is 0 Å². The Kier molecular flexibility index (Phi) is 8.45. The van der Waals surface area contributed by atoms with Crippen molar-refractivity contribution < 1.29 is 24.4 Å². The van der Waals surface area contributed by atoms with E-state index in [1.165, 1.54) is 0 Å². The molecule has 0 amide bonds. The summed E-state index contributed by atoms with van der Waals surface area (Å²) in [5.41, 5.74) is 2.19. The van der Waals surface area contributed by atoms with E-state index in [4.69, 9.17) is 19.3 Å². The summed E-state index contributed by atoms with van der Waals surface area (Å²) < 4.78 is 18.1. The van der Waals surface area contributed by atoms with Gasteiger partial charge in [0.15, 0.2) is 0 Å². The summed E-state index contributed by atoms with van der Waals surface area (Å²) in [6.07, 6.45) is 0.345. The Morgan fingerprint density at radius 3 is 2.18 bits per heavy atom. The minimum absolute atomic E-state index is 0.0929. The maximum Gasteiger partial charge on any atom is 0.108 e. The van der Waals surface area contributed by atoms with Crippen LogP contribution in [0, 0.1) is 0 Å². The van der Waals surface area contributed by atoms with Gasteiger partial charge in [0, 0.05) is 13.0 Å². The Labute approximate surface area is 166 Å². The molecule has 28 heavy (non-hydrogen) atoms. The molecule has 1 heterocycles. The first-order valence-corrected chi connectivity index (χ1v) is 9.98. The number of aliphatic hydroxyl groups excluding tert-OH is 2. The van der Waals surface area contributed by atoms with E-state index in [1.807, 2.05) is 60.7 Å². The van der Waals surface area contributed by atoms with Gasteiger partial charge in [-0.15, -0.1) is 0 Å². The average Bonchev–Trinajstić information content (AvgIpc) is 2.74. The number of benzene rings is 2. The molecule has 2 N–H and O–H groups in total. The van der Waals surface area contributed by atoms with Gasteiger partial charge in [-0.2, -0.15) is 0 Å². The number of hydrogen-bond donors (Lipinski definition) is 2. The molecule has 0 unspecified atom stereocenters. The highest BCUT2D eigenvalue weighted by molar-refractivity contribution is 5.14. The first-order valence-electron chi connectivity index (χ1n) is 9.98. The third-order valence-electron chi connectivity index (χ3n) is 5.01. The van der Waals surface area contributed by atoms with Crippen molar-refractivity contribution in [2.45, 2.75) is 56.9 Å². The van der Waals surface area contributed by atoms with Crippen molar-refractivity contribution in [3.05, 3.63) is 71.8 Å². The Hall–Kier alpha value is -1.76. The molecule has 1 aliphatic rings. The fourth-order valence-corrected chi connectivity index (χ4v) is 3.46. The monoisotopic (exact) mass is 386 g/mol. The van der Waals surface area contributed by atoms with Crippen LogP contribution in [-0.4, -0.2) is 47.8 Å². The molecule has 2 aromatic carbocycles. The molecule has 0 saturated carbocycles. The van der Waals surface area contributed by atoms with E-state index >= 15 is 0 Å². The summed E-state index contributed by atoms with van der Waals surface area (Å²) in [4.78, 5) is 0. The maximum atomic E-state index is 10.5. The lowest BCUT2D eigenvalue weighted by Crippen LogP contribution is -2.50. The summed E-state index contributed by atoms with van der Waals surface area (Å²) in [5.74, 6) is 0. The molecule has 4 atom stereocenters. The molecule has 0 radical (unpaired) electrons. The van der Waals surface area contributed by atoms with Crippen LogP contribution >= 0.6 is 0 Å². The topological polar surface area (TPSA) is 68.2 Å². The van der Waals surface area contributed by atoms with Crippen LogP contribution in [0.15, 0.2) is 60.7 Å². The predicted molar refractivity (Wildman–Crippen MR) is 107 cm³/mol. The van der Waals surface area contributed by atoms with E-state index < -0.39 is 6.10 Å². The van der Waals surface area contributed by atoms with E-state index in [2.05, 4.69) is 0 Å². The molecule has 0 aliphatic carbocycles. The van der Waals surface area contributed by atoms with Gasteiger partial charge in [-0.05, 0) is 24.0 Å². The molecule has 0 aromatic heterocycles. The average molecular weight is 386 g/mol. The van der Waals surface area contributed by atoms with E-state index in [1.54, 1.807) is 0 Å². The molecule has 0 spiro atoms. The van der Waals surface area contributed by atoms with Crippen molar-refractivity contribution in [1.82, 2.24) is 0 Å². The quantitative estimate of drug-likeness (QED) is 0.657. The summed E-state index contributed by atoms with van der Waals surface area (Å²) >= 11 is 0. The zero-order valence-electron chi connectivity index (χ0n) is 16.2. The molecule has 1 aliphatic heterocycles. The molecule has 5 nitrogen and oxygen atoms in total. The number of rotatable bonds is 10. The van der Waals surface area contributed by atoms with E-state index in [-0.39, 0.29) is 24.9 Å². The number of ether oxygens (including phenoxy) is 3. The molecule has 152 valence electrons. The summed E-state index contributed by atoms with van der Waals surface area (Å²) in [7, 11) is 0. The summed E-state index contributed by atoms with van der Waals surface area (Å²) in [5, 5.41) is 19.5. The fourth-order valence-electron chi connectivity index (χ4n) is 3.46. The van der Waals surface area contributed by atoms with Gasteiger partial charge in [-0.3, -0.25) is 0 Å². The van der Waals surface area contributed by atoms with Crippen molar-refractivity contribution in [1.29, 1.82) is 0 Å². The molecular weight excluding hydrogens is 356 g/mol. The normalized spacial score (nSPS) is 24.9. The Bertz CT molecular complexity index is 663. The smallest absolute Gasteiger partial charge is 0.108 e. The zero-order chi connectivity index (χ0) is 19.6. The first-order chi connectivity index (χ1) is 13.8. The first kappa shape index (κ1) is 21.0. The Morgan fingerprint density at radius 2 is 1.54 bits per heavy atom. The highest BCUT2D eigenvalue weighted by Crippen LogP contribution is 2.27. The van der Waals surface area contributed by atoms with Crippen LogP contribution in [0.2, 0.25) is 0 Å². The zero-order valence-corrected chi connectivity index (χ0v) is 16.2. The second-order valence-corrected chi connectivity index (χ2v) is 7.22. The van der Waals surface area contributed by atoms with Crippen LogP contribution in [0.25, 0.3) is 0 Å². The second kappa shape index (κ2) is 11.3. The standard InChI is InChI=1S/C23H30O5/c24-13-7-12-21-20(25)14-22(27-16-19-10-5-2-6-11-19)23(28-21)17-26-15-18-8-3-1-4-9-18/h1-6,8-11,20-25H,7,12-17H2/t20-,21+,22+,23-/m1/s1. The van der Waals surface area contributed by atoms with Gasteiger partial charge >= 0.3 is 0 Å². The third-order valence-corrected chi connectivity index (χ3v) is 5.01. The largest absolute Gasteiger partial charge is 0.396 e. The van der Waals surface area contributed by atoms with Crippen molar-refractivity contribution in [2.24, 2.45) is 0 Å². The summed E-state index contributed by atoms with van der Waals surface area (Å²) in [6, 6.07) is 20.0. The van der Waals surface area contributed by atoms with Crippen molar-refractivity contribution in [2.75, 3.05) is 13.2 Å². The molecule has 3 rings (SSSR count). The van der Waals surface area contributed by atoms with Crippen molar-refractivity contribution in [3.8, 4) is 0 Å². The van der Waals surface area contributed by atoms with Crippen LogP contribution in [-0.2, 0) is 27.4 Å². The predicted octanol–water partition coefficient (Wildman–Crippen LogP) is 3.08. The van der Waals surface area contributed by atoms with Gasteiger partial charge < -0.3 is 24.4 Å². The van der Waals surface area contributed by atoms with Gasteiger partial charge in [-0.25, -0.2) is 0 Å². The highest BCUT2D eigenvalue weighted by Gasteiger charge is 2.37. The van der Waals surface area contributed by atoms with Gasteiger partial charge in [0.05, 0.1) is 38.1 Å². The van der Waals surface area contributed by atoms with Crippen LogP contribution in [0.4, 0.5) is 0 Å². The lowest BCUT2D eigenvalue weighted by molar-refractivity contribution is -0.204. The third kappa shape index (κ3) is 6.40. The highest BCUT2D eigenvalue weighted by atomic mass is 16.6. The van der Waals surface area contributed by atoms with Gasteiger partial charge in [0.25, 0.3) is 0 Å². The molecule has 5 heteroatoms. The number of aliphatic hydroxyl groups is 2. The number of hydrogen-bond acceptors (Lipinski definition) is 5. The van der Waals surface area contributed by atoms with Gasteiger partial charge in [0.1, 0.15) is 6.10 Å². The van der Waals surface area contributed by atoms with E-state index in [0.717, 1.165) is 11.1 Å². The lowest BCUT2D eigenvalue weighted by atomic mass is 9.95. The Morgan fingerprint density at radius 1 is 0.893 bits per heavy atom. The maximum absolute atomic E-state index is 10.5. The lowest BCUT2D eigenvalue weighted by Gasteiger charge is -2.39.